The lowest BCUT2D eigenvalue weighted by molar-refractivity contribution is -0.117. The SMILES string of the molecule is O=C(Nc1ccc(Oc2ccccc2)cc1)[C@H]1CCCN1. The number of rotatable bonds is 4. The van der Waals surface area contributed by atoms with Crippen LogP contribution in [0.3, 0.4) is 0 Å². The van der Waals surface area contributed by atoms with Gasteiger partial charge >= 0.3 is 0 Å². The van der Waals surface area contributed by atoms with Crippen LogP contribution in [0.1, 0.15) is 12.8 Å². The molecule has 1 aliphatic rings. The Morgan fingerprint density at radius 1 is 1.05 bits per heavy atom. The van der Waals surface area contributed by atoms with Crippen LogP contribution in [0.25, 0.3) is 0 Å². The fourth-order valence-corrected chi connectivity index (χ4v) is 2.37. The number of para-hydroxylation sites is 1. The summed E-state index contributed by atoms with van der Waals surface area (Å²) in [5, 5.41) is 6.10. The first-order chi connectivity index (χ1) is 10.3. The maximum Gasteiger partial charge on any atom is 0.241 e. The quantitative estimate of drug-likeness (QED) is 0.905. The molecule has 4 heteroatoms. The first kappa shape index (κ1) is 13.6. The van der Waals surface area contributed by atoms with Gasteiger partial charge in [0.25, 0.3) is 0 Å². The number of anilines is 1. The van der Waals surface area contributed by atoms with Gasteiger partial charge in [0.05, 0.1) is 6.04 Å². The van der Waals surface area contributed by atoms with Crippen LogP contribution in [0, 0.1) is 0 Å². The topological polar surface area (TPSA) is 50.4 Å². The van der Waals surface area contributed by atoms with Crippen molar-refractivity contribution in [1.82, 2.24) is 5.32 Å². The van der Waals surface area contributed by atoms with E-state index in [0.717, 1.165) is 36.6 Å². The van der Waals surface area contributed by atoms with E-state index in [1.54, 1.807) is 0 Å². The lowest BCUT2D eigenvalue weighted by Crippen LogP contribution is -2.35. The van der Waals surface area contributed by atoms with E-state index >= 15 is 0 Å². The predicted molar refractivity (Wildman–Crippen MR) is 82.6 cm³/mol. The second-order valence-electron chi connectivity index (χ2n) is 5.08. The van der Waals surface area contributed by atoms with Crippen molar-refractivity contribution in [3.63, 3.8) is 0 Å². The Morgan fingerprint density at radius 3 is 2.43 bits per heavy atom. The van der Waals surface area contributed by atoms with Crippen LogP contribution in [0.4, 0.5) is 5.69 Å². The van der Waals surface area contributed by atoms with Crippen molar-refractivity contribution in [2.24, 2.45) is 0 Å². The molecule has 0 saturated carbocycles. The number of amides is 1. The highest BCUT2D eigenvalue weighted by atomic mass is 16.5. The van der Waals surface area contributed by atoms with E-state index in [4.69, 9.17) is 4.74 Å². The molecule has 1 atom stereocenters. The van der Waals surface area contributed by atoms with Gasteiger partial charge in [-0.25, -0.2) is 0 Å². The maximum absolute atomic E-state index is 12.0. The van der Waals surface area contributed by atoms with Crippen molar-refractivity contribution in [3.8, 4) is 11.5 Å². The van der Waals surface area contributed by atoms with Crippen LogP contribution in [0.2, 0.25) is 0 Å². The molecule has 0 aromatic heterocycles. The molecule has 1 amide bonds. The van der Waals surface area contributed by atoms with Gasteiger partial charge in [0.1, 0.15) is 11.5 Å². The van der Waals surface area contributed by atoms with Crippen LogP contribution in [0.5, 0.6) is 11.5 Å². The summed E-state index contributed by atoms with van der Waals surface area (Å²) in [4.78, 5) is 12.0. The smallest absolute Gasteiger partial charge is 0.241 e. The number of hydrogen-bond acceptors (Lipinski definition) is 3. The second-order valence-corrected chi connectivity index (χ2v) is 5.08. The molecular formula is C17H18N2O2. The number of carbonyl (C=O) groups excluding carboxylic acids is 1. The lowest BCUT2D eigenvalue weighted by Gasteiger charge is -2.11. The van der Waals surface area contributed by atoms with Crippen LogP contribution in [0.15, 0.2) is 54.6 Å². The van der Waals surface area contributed by atoms with Crippen molar-refractivity contribution in [2.45, 2.75) is 18.9 Å². The Morgan fingerprint density at radius 2 is 1.76 bits per heavy atom. The van der Waals surface area contributed by atoms with Gasteiger partial charge in [0.15, 0.2) is 0 Å². The fraction of sp³-hybridized carbons (Fsp3) is 0.235. The van der Waals surface area contributed by atoms with Crippen molar-refractivity contribution < 1.29 is 9.53 Å². The summed E-state index contributed by atoms with van der Waals surface area (Å²) in [7, 11) is 0. The minimum Gasteiger partial charge on any atom is -0.457 e. The highest BCUT2D eigenvalue weighted by Crippen LogP contribution is 2.22. The summed E-state index contributed by atoms with van der Waals surface area (Å²) in [6.45, 7) is 0.919. The molecule has 3 rings (SSSR count). The molecule has 108 valence electrons. The van der Waals surface area contributed by atoms with Crippen LogP contribution in [-0.4, -0.2) is 18.5 Å². The van der Waals surface area contributed by atoms with Gasteiger partial charge < -0.3 is 15.4 Å². The molecule has 0 radical (unpaired) electrons. The molecule has 1 heterocycles. The zero-order valence-corrected chi connectivity index (χ0v) is 11.7. The number of carbonyl (C=O) groups is 1. The summed E-state index contributed by atoms with van der Waals surface area (Å²) in [6, 6.07) is 17.0. The zero-order valence-electron chi connectivity index (χ0n) is 11.7. The first-order valence-electron chi connectivity index (χ1n) is 7.18. The van der Waals surface area contributed by atoms with Gasteiger partial charge in [-0.3, -0.25) is 4.79 Å². The van der Waals surface area contributed by atoms with E-state index in [9.17, 15) is 4.79 Å². The second kappa shape index (κ2) is 6.41. The van der Waals surface area contributed by atoms with E-state index in [2.05, 4.69) is 10.6 Å². The molecule has 0 bridgehead atoms. The standard InChI is InChI=1S/C17H18N2O2/c20-17(16-7-4-12-18-16)19-13-8-10-15(11-9-13)21-14-5-2-1-3-6-14/h1-3,5-6,8-11,16,18H,4,7,12H2,(H,19,20)/t16-/m1/s1. The average molecular weight is 282 g/mol. The average Bonchev–Trinajstić information content (AvgIpc) is 3.05. The van der Waals surface area contributed by atoms with Crippen molar-refractivity contribution in [3.05, 3.63) is 54.6 Å². The lowest BCUT2D eigenvalue weighted by atomic mass is 10.2. The molecule has 0 unspecified atom stereocenters. The number of benzene rings is 2. The van der Waals surface area contributed by atoms with E-state index in [-0.39, 0.29) is 11.9 Å². The van der Waals surface area contributed by atoms with Crippen LogP contribution < -0.4 is 15.4 Å². The van der Waals surface area contributed by atoms with E-state index < -0.39 is 0 Å². The minimum atomic E-state index is -0.0646. The summed E-state index contributed by atoms with van der Waals surface area (Å²) < 4.78 is 5.71. The van der Waals surface area contributed by atoms with E-state index in [1.807, 2.05) is 54.6 Å². The van der Waals surface area contributed by atoms with E-state index in [1.165, 1.54) is 0 Å². The predicted octanol–water partition coefficient (Wildman–Crippen LogP) is 3.17. The summed E-state index contributed by atoms with van der Waals surface area (Å²) in [5.41, 5.74) is 0.786. The normalized spacial score (nSPS) is 17.4. The largest absolute Gasteiger partial charge is 0.457 e. The summed E-state index contributed by atoms with van der Waals surface area (Å²) in [6.07, 6.45) is 1.96. The van der Waals surface area contributed by atoms with Gasteiger partial charge in [-0.2, -0.15) is 0 Å². The molecule has 2 N–H and O–H groups in total. The molecule has 2 aromatic rings. The number of hydrogen-bond donors (Lipinski definition) is 2. The molecule has 4 nitrogen and oxygen atoms in total. The van der Waals surface area contributed by atoms with Gasteiger partial charge in [0, 0.05) is 5.69 Å². The highest BCUT2D eigenvalue weighted by molar-refractivity contribution is 5.95. The molecule has 1 fully saturated rings. The van der Waals surface area contributed by atoms with Crippen molar-refractivity contribution in [1.29, 1.82) is 0 Å². The van der Waals surface area contributed by atoms with Crippen molar-refractivity contribution in [2.75, 3.05) is 11.9 Å². The Labute approximate surface area is 124 Å². The maximum atomic E-state index is 12.0. The Hall–Kier alpha value is -2.33. The Balaban J connectivity index is 1.60. The fourth-order valence-electron chi connectivity index (χ4n) is 2.37. The summed E-state index contributed by atoms with van der Waals surface area (Å²) in [5.74, 6) is 1.58. The number of ether oxygens (including phenoxy) is 1. The van der Waals surface area contributed by atoms with Gasteiger partial charge in [-0.1, -0.05) is 18.2 Å². The number of nitrogens with one attached hydrogen (secondary N) is 2. The molecule has 0 aliphatic carbocycles. The molecule has 1 aliphatic heterocycles. The van der Waals surface area contributed by atoms with Crippen LogP contribution >= 0.6 is 0 Å². The molecule has 21 heavy (non-hydrogen) atoms. The molecule has 1 saturated heterocycles. The third-order valence-electron chi connectivity index (χ3n) is 3.48. The Bertz CT molecular complexity index is 590. The van der Waals surface area contributed by atoms with Crippen molar-refractivity contribution >= 4 is 11.6 Å². The zero-order chi connectivity index (χ0) is 14.5. The first-order valence-corrected chi connectivity index (χ1v) is 7.18. The third-order valence-corrected chi connectivity index (χ3v) is 3.48. The molecular weight excluding hydrogens is 264 g/mol. The van der Waals surface area contributed by atoms with Crippen LogP contribution in [-0.2, 0) is 4.79 Å². The summed E-state index contributed by atoms with van der Waals surface area (Å²) >= 11 is 0. The molecule has 0 spiro atoms. The van der Waals surface area contributed by atoms with E-state index in [0.29, 0.717) is 0 Å². The monoisotopic (exact) mass is 282 g/mol. The third kappa shape index (κ3) is 3.61. The molecule has 2 aromatic carbocycles. The van der Waals surface area contributed by atoms with Gasteiger partial charge in [-0.05, 0) is 55.8 Å². The van der Waals surface area contributed by atoms with Gasteiger partial charge in [-0.15, -0.1) is 0 Å². The van der Waals surface area contributed by atoms with Gasteiger partial charge in [0.2, 0.25) is 5.91 Å². The highest BCUT2D eigenvalue weighted by Gasteiger charge is 2.21. The minimum absolute atomic E-state index is 0.0317. The Kier molecular flexibility index (Phi) is 4.17.